The summed E-state index contributed by atoms with van der Waals surface area (Å²) < 4.78 is 0. The minimum Gasteiger partial charge on any atom is -0.390 e. The van der Waals surface area contributed by atoms with E-state index in [9.17, 15) is 10.2 Å². The molecule has 0 aliphatic heterocycles. The normalized spacial score (nSPS) is 14.9. The average molecular weight is 245 g/mol. The van der Waals surface area contributed by atoms with Crippen LogP contribution in [0.15, 0.2) is 36.4 Å². The molecule has 2 N–H and O–H groups in total. The molecule has 1 aromatic heterocycles. The predicted molar refractivity (Wildman–Crippen MR) is 72.3 cm³/mol. The van der Waals surface area contributed by atoms with Crippen molar-refractivity contribution in [1.29, 1.82) is 0 Å². The van der Waals surface area contributed by atoms with Gasteiger partial charge in [0.05, 0.1) is 17.7 Å². The van der Waals surface area contributed by atoms with Gasteiger partial charge in [0, 0.05) is 17.5 Å². The van der Waals surface area contributed by atoms with Crippen LogP contribution in [0.1, 0.15) is 19.5 Å². The Labute approximate surface area is 107 Å². The van der Waals surface area contributed by atoms with Crippen molar-refractivity contribution in [2.75, 3.05) is 0 Å². The number of hydrogen-bond donors (Lipinski definition) is 2. The third-order valence-electron chi connectivity index (χ3n) is 3.15. The first-order chi connectivity index (χ1) is 8.58. The highest BCUT2D eigenvalue weighted by Crippen LogP contribution is 2.15. The van der Waals surface area contributed by atoms with Crippen LogP contribution in [0.25, 0.3) is 10.9 Å². The molecule has 1 aromatic carbocycles. The van der Waals surface area contributed by atoms with Crippen LogP contribution in [0.2, 0.25) is 0 Å². The molecule has 0 bridgehead atoms. The van der Waals surface area contributed by atoms with Crippen LogP contribution in [0, 0.1) is 5.92 Å². The maximum Gasteiger partial charge on any atom is 0.0856 e. The topological polar surface area (TPSA) is 53.4 Å². The number of aromatic nitrogens is 1. The highest BCUT2D eigenvalue weighted by atomic mass is 16.3. The molecule has 0 aliphatic carbocycles. The second kappa shape index (κ2) is 5.46. The lowest BCUT2D eigenvalue weighted by atomic mass is 9.98. The molecule has 0 saturated carbocycles. The molecule has 18 heavy (non-hydrogen) atoms. The summed E-state index contributed by atoms with van der Waals surface area (Å²) in [6, 6.07) is 11.8. The lowest BCUT2D eigenvalue weighted by Gasteiger charge is -2.20. The SMILES string of the molecule is CC(C)C(O)C(O)Cc1ccc2ccccc2n1. The molecule has 0 aliphatic rings. The van der Waals surface area contributed by atoms with Gasteiger partial charge in [0.2, 0.25) is 0 Å². The molecule has 3 heteroatoms. The van der Waals surface area contributed by atoms with E-state index in [1.165, 1.54) is 0 Å². The van der Waals surface area contributed by atoms with Gasteiger partial charge < -0.3 is 10.2 Å². The van der Waals surface area contributed by atoms with E-state index in [1.54, 1.807) is 0 Å². The van der Waals surface area contributed by atoms with E-state index in [4.69, 9.17) is 0 Å². The molecule has 0 fully saturated rings. The van der Waals surface area contributed by atoms with Crippen molar-refractivity contribution in [3.8, 4) is 0 Å². The summed E-state index contributed by atoms with van der Waals surface area (Å²) >= 11 is 0. The number of pyridine rings is 1. The maximum absolute atomic E-state index is 9.92. The molecular formula is C15H19NO2. The number of fused-ring (bicyclic) bond motifs is 1. The van der Waals surface area contributed by atoms with Gasteiger partial charge in [-0.15, -0.1) is 0 Å². The van der Waals surface area contributed by atoms with Crippen LogP contribution >= 0.6 is 0 Å². The number of nitrogens with zero attached hydrogens (tertiary/aromatic N) is 1. The molecule has 96 valence electrons. The summed E-state index contributed by atoms with van der Waals surface area (Å²) in [7, 11) is 0. The van der Waals surface area contributed by atoms with E-state index in [0.717, 1.165) is 16.6 Å². The minimum atomic E-state index is -0.765. The fraction of sp³-hybridized carbons (Fsp3) is 0.400. The van der Waals surface area contributed by atoms with E-state index in [-0.39, 0.29) is 5.92 Å². The van der Waals surface area contributed by atoms with Gasteiger partial charge in [-0.05, 0) is 18.1 Å². The summed E-state index contributed by atoms with van der Waals surface area (Å²) in [6.07, 6.45) is -1.10. The number of para-hydroxylation sites is 1. The second-order valence-corrected chi connectivity index (χ2v) is 5.00. The zero-order chi connectivity index (χ0) is 13.1. The second-order valence-electron chi connectivity index (χ2n) is 5.00. The lowest BCUT2D eigenvalue weighted by Crippen LogP contribution is -2.32. The van der Waals surface area contributed by atoms with Gasteiger partial charge in [0.1, 0.15) is 0 Å². The number of hydrogen-bond acceptors (Lipinski definition) is 3. The van der Waals surface area contributed by atoms with Gasteiger partial charge in [-0.1, -0.05) is 38.1 Å². The molecule has 1 heterocycles. The molecule has 0 saturated heterocycles. The molecule has 0 radical (unpaired) electrons. The van der Waals surface area contributed by atoms with Gasteiger partial charge >= 0.3 is 0 Å². The van der Waals surface area contributed by atoms with Crippen LogP contribution in [-0.2, 0) is 6.42 Å². The fourth-order valence-corrected chi connectivity index (χ4v) is 2.00. The van der Waals surface area contributed by atoms with Gasteiger partial charge in [-0.3, -0.25) is 4.98 Å². The average Bonchev–Trinajstić information content (AvgIpc) is 2.37. The highest BCUT2D eigenvalue weighted by Gasteiger charge is 2.20. The largest absolute Gasteiger partial charge is 0.390 e. The first kappa shape index (κ1) is 13.0. The summed E-state index contributed by atoms with van der Waals surface area (Å²) in [5, 5.41) is 20.8. The van der Waals surface area contributed by atoms with E-state index in [2.05, 4.69) is 4.98 Å². The zero-order valence-corrected chi connectivity index (χ0v) is 10.7. The van der Waals surface area contributed by atoms with Crippen molar-refractivity contribution < 1.29 is 10.2 Å². The third kappa shape index (κ3) is 2.86. The highest BCUT2D eigenvalue weighted by molar-refractivity contribution is 5.78. The number of aliphatic hydroxyl groups excluding tert-OH is 2. The Morgan fingerprint density at radius 2 is 1.78 bits per heavy atom. The Morgan fingerprint density at radius 1 is 1.06 bits per heavy atom. The van der Waals surface area contributed by atoms with E-state index in [1.807, 2.05) is 50.2 Å². The third-order valence-corrected chi connectivity index (χ3v) is 3.15. The molecule has 2 aromatic rings. The van der Waals surface area contributed by atoms with Crippen molar-refractivity contribution in [3.63, 3.8) is 0 Å². The standard InChI is InChI=1S/C15H19NO2/c1-10(2)15(18)14(17)9-12-8-7-11-5-3-4-6-13(11)16-12/h3-8,10,14-15,17-18H,9H2,1-2H3. The van der Waals surface area contributed by atoms with E-state index < -0.39 is 12.2 Å². The number of aliphatic hydroxyl groups is 2. The summed E-state index contributed by atoms with van der Waals surface area (Å²) in [5.41, 5.74) is 1.72. The van der Waals surface area contributed by atoms with Gasteiger partial charge in [-0.25, -0.2) is 0 Å². The molecular weight excluding hydrogens is 226 g/mol. The van der Waals surface area contributed by atoms with Crippen molar-refractivity contribution >= 4 is 10.9 Å². The van der Waals surface area contributed by atoms with Crippen molar-refractivity contribution in [2.45, 2.75) is 32.5 Å². The first-order valence-corrected chi connectivity index (χ1v) is 6.28. The smallest absolute Gasteiger partial charge is 0.0856 e. The Hall–Kier alpha value is -1.45. The first-order valence-electron chi connectivity index (χ1n) is 6.28. The molecule has 0 spiro atoms. The minimum absolute atomic E-state index is 0.0421. The Morgan fingerprint density at radius 3 is 2.50 bits per heavy atom. The number of rotatable bonds is 4. The van der Waals surface area contributed by atoms with Gasteiger partial charge in [-0.2, -0.15) is 0 Å². The summed E-state index contributed by atoms with van der Waals surface area (Å²) in [6.45, 7) is 3.78. The van der Waals surface area contributed by atoms with Gasteiger partial charge in [0.25, 0.3) is 0 Å². The summed E-state index contributed by atoms with van der Waals surface area (Å²) in [4.78, 5) is 4.49. The maximum atomic E-state index is 9.92. The van der Waals surface area contributed by atoms with Crippen LogP contribution in [0.5, 0.6) is 0 Å². The Balaban J connectivity index is 2.17. The Kier molecular flexibility index (Phi) is 3.94. The van der Waals surface area contributed by atoms with Crippen LogP contribution in [0.4, 0.5) is 0 Å². The van der Waals surface area contributed by atoms with E-state index in [0.29, 0.717) is 6.42 Å². The molecule has 2 rings (SSSR count). The quantitative estimate of drug-likeness (QED) is 0.868. The van der Waals surface area contributed by atoms with Crippen molar-refractivity contribution in [1.82, 2.24) is 4.98 Å². The number of benzene rings is 1. The molecule has 2 unspecified atom stereocenters. The van der Waals surface area contributed by atoms with Crippen LogP contribution in [0.3, 0.4) is 0 Å². The van der Waals surface area contributed by atoms with Crippen molar-refractivity contribution in [3.05, 3.63) is 42.1 Å². The molecule has 3 nitrogen and oxygen atoms in total. The zero-order valence-electron chi connectivity index (χ0n) is 10.7. The Bertz CT molecular complexity index is 525. The molecule has 2 atom stereocenters. The van der Waals surface area contributed by atoms with Crippen LogP contribution in [-0.4, -0.2) is 27.4 Å². The van der Waals surface area contributed by atoms with E-state index >= 15 is 0 Å². The molecule has 0 amide bonds. The summed E-state index contributed by atoms with van der Waals surface area (Å²) in [5.74, 6) is 0.0421. The lowest BCUT2D eigenvalue weighted by molar-refractivity contribution is -0.00774. The fourth-order valence-electron chi connectivity index (χ4n) is 2.00. The predicted octanol–water partition coefficient (Wildman–Crippen LogP) is 2.16. The van der Waals surface area contributed by atoms with Gasteiger partial charge in [0.15, 0.2) is 0 Å². The monoisotopic (exact) mass is 245 g/mol. The van der Waals surface area contributed by atoms with Crippen molar-refractivity contribution in [2.24, 2.45) is 5.92 Å². The van der Waals surface area contributed by atoms with Crippen LogP contribution < -0.4 is 0 Å².